The molecule has 5 heteroatoms. The molecule has 1 aromatic heterocycles. The lowest BCUT2D eigenvalue weighted by molar-refractivity contribution is -0.121. The molecule has 0 spiro atoms. The lowest BCUT2D eigenvalue weighted by Gasteiger charge is -2.09. The molecule has 25 heavy (non-hydrogen) atoms. The first kappa shape index (κ1) is 16.3. The van der Waals surface area contributed by atoms with E-state index in [-0.39, 0.29) is 23.7 Å². The predicted molar refractivity (Wildman–Crippen MR) is 99.0 cm³/mol. The Balaban J connectivity index is 1.51. The van der Waals surface area contributed by atoms with Gasteiger partial charge >= 0.3 is 0 Å². The van der Waals surface area contributed by atoms with Gasteiger partial charge in [0.1, 0.15) is 5.75 Å². The number of thioether (sulfide) groups is 1. The number of rotatable bonds is 7. The molecule has 1 aliphatic rings. The van der Waals surface area contributed by atoms with Crippen molar-refractivity contribution < 1.29 is 15.7 Å². The molecule has 1 fully saturated rings. The molecule has 1 aliphatic heterocycles. The van der Waals surface area contributed by atoms with E-state index in [1.54, 1.807) is 0 Å². The van der Waals surface area contributed by atoms with E-state index >= 15 is 0 Å². The summed E-state index contributed by atoms with van der Waals surface area (Å²) in [5, 5.41) is -1.60. The van der Waals surface area contributed by atoms with Crippen molar-refractivity contribution in [3.63, 3.8) is 0 Å². The van der Waals surface area contributed by atoms with Gasteiger partial charge in [0.15, 0.2) is 10.9 Å². The first-order valence-electron chi connectivity index (χ1n) is 8.89. The van der Waals surface area contributed by atoms with Crippen molar-refractivity contribution in [3.8, 4) is 5.75 Å². The second-order valence-corrected chi connectivity index (χ2v) is 7.08. The van der Waals surface area contributed by atoms with E-state index in [1.165, 1.54) is 5.56 Å². The summed E-state index contributed by atoms with van der Waals surface area (Å²) >= 11 is 0.829. The van der Waals surface area contributed by atoms with Crippen molar-refractivity contribution in [1.29, 1.82) is 0 Å². The highest BCUT2D eigenvalue weighted by Crippen LogP contribution is 2.28. The number of pyridine rings is 1. The standard InChI is InChI=1S/C20H21NO3S/c1-2-14-3-6-16(21-13-14)9-10-24-17-7-4-15(5-8-17)11-19-18(22)12-20(23)25-19/h3-8,13,19H,2,9-12H2,1H3/t19-/m1/s1/i19D. The number of benzene rings is 1. The topological polar surface area (TPSA) is 56.3 Å². The first-order chi connectivity index (χ1) is 12.5. The van der Waals surface area contributed by atoms with Crippen LogP contribution in [-0.2, 0) is 28.9 Å². The van der Waals surface area contributed by atoms with Gasteiger partial charge in [-0.05, 0) is 42.2 Å². The number of aromatic nitrogens is 1. The lowest BCUT2D eigenvalue weighted by atomic mass is 10.1. The van der Waals surface area contributed by atoms with Crippen molar-refractivity contribution >= 4 is 22.7 Å². The summed E-state index contributed by atoms with van der Waals surface area (Å²) in [6, 6.07) is 11.5. The summed E-state index contributed by atoms with van der Waals surface area (Å²) in [5.74, 6) is 0.425. The van der Waals surface area contributed by atoms with Crippen LogP contribution in [0, 0.1) is 0 Å². The first-order valence-corrected chi connectivity index (χ1v) is 9.21. The third kappa shape index (κ3) is 4.92. The second-order valence-electron chi connectivity index (χ2n) is 5.93. The molecular formula is C20H21NO3S. The summed E-state index contributed by atoms with van der Waals surface area (Å²) in [5.41, 5.74) is 3.06. The van der Waals surface area contributed by atoms with Crippen molar-refractivity contribution in [2.75, 3.05) is 6.61 Å². The van der Waals surface area contributed by atoms with E-state index < -0.39 is 5.23 Å². The Morgan fingerprint density at radius 1 is 1.20 bits per heavy atom. The molecule has 0 unspecified atom stereocenters. The van der Waals surface area contributed by atoms with E-state index in [1.807, 2.05) is 36.5 Å². The van der Waals surface area contributed by atoms with Gasteiger partial charge in [-0.2, -0.15) is 0 Å². The quantitative estimate of drug-likeness (QED) is 0.712. The maximum absolute atomic E-state index is 11.8. The third-order valence-corrected chi connectivity index (χ3v) is 5.05. The fraction of sp³-hybridized carbons (Fsp3) is 0.350. The lowest BCUT2D eigenvalue weighted by Crippen LogP contribution is -2.13. The van der Waals surface area contributed by atoms with Gasteiger partial charge < -0.3 is 4.74 Å². The average Bonchev–Trinajstić information content (AvgIpc) is 2.88. The number of aryl methyl sites for hydroxylation is 1. The van der Waals surface area contributed by atoms with Crippen LogP contribution in [0.2, 0.25) is 0 Å². The molecule has 0 saturated carbocycles. The van der Waals surface area contributed by atoms with Gasteiger partial charge in [-0.25, -0.2) is 0 Å². The van der Waals surface area contributed by atoms with Crippen LogP contribution in [0.4, 0.5) is 0 Å². The van der Waals surface area contributed by atoms with E-state index in [4.69, 9.17) is 6.11 Å². The van der Waals surface area contributed by atoms with E-state index in [0.717, 1.165) is 41.6 Å². The number of nitrogens with zero attached hydrogens (tertiary/aromatic N) is 1. The highest BCUT2D eigenvalue weighted by atomic mass is 32.2. The van der Waals surface area contributed by atoms with E-state index in [2.05, 4.69) is 18.0 Å². The molecule has 0 N–H and O–H groups in total. The summed E-state index contributed by atoms with van der Waals surface area (Å²) in [6.45, 7) is 2.63. The molecule has 0 amide bonds. The number of ketones is 1. The van der Waals surface area contributed by atoms with Crippen LogP contribution in [0.1, 0.15) is 31.5 Å². The molecule has 0 radical (unpaired) electrons. The SMILES string of the molecule is [2H][C@]1(Cc2ccc(OCCc3ccc(CC)cn3)cc2)SC(=O)CC1=O. The molecule has 0 aliphatic carbocycles. The van der Waals surface area contributed by atoms with E-state index in [9.17, 15) is 9.59 Å². The summed E-state index contributed by atoms with van der Waals surface area (Å²) in [6.07, 6.45) is 3.70. The van der Waals surface area contributed by atoms with Crippen LogP contribution in [0.15, 0.2) is 42.6 Å². The Kier molecular flexibility index (Phi) is 5.42. The van der Waals surface area contributed by atoms with Crippen LogP contribution in [0.25, 0.3) is 0 Å². The molecular weight excluding hydrogens is 334 g/mol. The second kappa shape index (κ2) is 8.30. The van der Waals surface area contributed by atoms with Gasteiger partial charge in [0.25, 0.3) is 0 Å². The van der Waals surface area contributed by atoms with Gasteiger partial charge in [-0.3, -0.25) is 14.6 Å². The predicted octanol–water partition coefficient (Wildman–Crippen LogP) is 3.41. The molecule has 4 nitrogen and oxygen atoms in total. The molecule has 2 aromatic rings. The number of carbonyl (C=O) groups excluding carboxylic acids is 2. The Morgan fingerprint density at radius 2 is 1.96 bits per heavy atom. The number of hydrogen-bond donors (Lipinski definition) is 0. The maximum Gasteiger partial charge on any atom is 0.197 e. The zero-order chi connectivity index (χ0) is 18.6. The molecule has 1 saturated heterocycles. The molecule has 1 atom stereocenters. The molecule has 2 heterocycles. The summed E-state index contributed by atoms with van der Waals surface area (Å²) in [4.78, 5) is 27.6. The number of ether oxygens (including phenoxy) is 1. The fourth-order valence-corrected chi connectivity index (χ4v) is 3.47. The van der Waals surface area contributed by atoms with Crippen molar-refractivity contribution in [2.24, 2.45) is 0 Å². The Hall–Kier alpha value is -2.14. The molecule has 130 valence electrons. The van der Waals surface area contributed by atoms with E-state index in [0.29, 0.717) is 6.61 Å². The minimum atomic E-state index is -1.38. The molecule has 0 bridgehead atoms. The van der Waals surface area contributed by atoms with Crippen LogP contribution in [-0.4, -0.2) is 27.7 Å². The van der Waals surface area contributed by atoms with Gasteiger partial charge in [0, 0.05) is 18.3 Å². The van der Waals surface area contributed by atoms with Gasteiger partial charge in [-0.1, -0.05) is 36.9 Å². The third-order valence-electron chi connectivity index (χ3n) is 4.06. The zero-order valence-electron chi connectivity index (χ0n) is 15.2. The number of carbonyl (C=O) groups is 2. The number of Topliss-reactive ketones (excluding diaryl/α,β-unsaturated/α-hetero) is 1. The Morgan fingerprint density at radius 3 is 2.56 bits per heavy atom. The van der Waals surface area contributed by atoms with Crippen LogP contribution >= 0.6 is 11.8 Å². The van der Waals surface area contributed by atoms with Crippen LogP contribution < -0.4 is 4.74 Å². The highest BCUT2D eigenvalue weighted by Gasteiger charge is 2.31. The summed E-state index contributed by atoms with van der Waals surface area (Å²) < 4.78 is 13.9. The Labute approximate surface area is 153 Å². The highest BCUT2D eigenvalue weighted by molar-refractivity contribution is 8.15. The largest absolute Gasteiger partial charge is 0.493 e. The smallest absolute Gasteiger partial charge is 0.197 e. The fourth-order valence-electron chi connectivity index (χ4n) is 2.57. The van der Waals surface area contributed by atoms with Crippen molar-refractivity contribution in [1.82, 2.24) is 4.98 Å². The van der Waals surface area contributed by atoms with Crippen molar-refractivity contribution in [3.05, 3.63) is 59.4 Å². The minimum Gasteiger partial charge on any atom is -0.493 e. The van der Waals surface area contributed by atoms with Crippen LogP contribution in [0.3, 0.4) is 0 Å². The van der Waals surface area contributed by atoms with Crippen molar-refractivity contribution in [2.45, 2.75) is 37.8 Å². The maximum atomic E-state index is 11.8. The minimum absolute atomic E-state index is 0.136. The van der Waals surface area contributed by atoms with Crippen LogP contribution in [0.5, 0.6) is 5.75 Å². The van der Waals surface area contributed by atoms with Gasteiger partial charge in [-0.15, -0.1) is 0 Å². The average molecular weight is 356 g/mol. The molecule has 1 aromatic carbocycles. The summed E-state index contributed by atoms with van der Waals surface area (Å²) in [7, 11) is 0. The number of hydrogen-bond acceptors (Lipinski definition) is 5. The van der Waals surface area contributed by atoms with Gasteiger partial charge in [0.2, 0.25) is 0 Å². The van der Waals surface area contributed by atoms with Gasteiger partial charge in [0.05, 0.1) is 19.6 Å². The normalized spacial score (nSPS) is 20.6. The monoisotopic (exact) mass is 356 g/mol. The zero-order valence-corrected chi connectivity index (χ0v) is 15.0. The Bertz CT molecular complexity index is 792. The molecule has 3 rings (SSSR count).